The van der Waals surface area contributed by atoms with E-state index < -0.39 is 5.91 Å². The number of nitrogens with zero attached hydrogens (tertiary/aromatic N) is 2. The third-order valence-electron chi connectivity index (χ3n) is 4.37. The Morgan fingerprint density at radius 3 is 2.32 bits per heavy atom. The molecule has 1 aromatic heterocycles. The van der Waals surface area contributed by atoms with Gasteiger partial charge in [-0.1, -0.05) is 24.3 Å². The monoisotopic (exact) mass is 374 g/mol. The van der Waals surface area contributed by atoms with E-state index in [1.54, 1.807) is 48.5 Å². The van der Waals surface area contributed by atoms with Gasteiger partial charge in [0.2, 0.25) is 5.91 Å². The molecule has 0 aliphatic heterocycles. The van der Waals surface area contributed by atoms with Gasteiger partial charge in [0, 0.05) is 23.4 Å². The van der Waals surface area contributed by atoms with E-state index in [9.17, 15) is 14.4 Å². The zero-order valence-electron chi connectivity index (χ0n) is 15.0. The fraction of sp³-hybridized carbons (Fsp3) is 0.143. The summed E-state index contributed by atoms with van der Waals surface area (Å²) < 4.78 is 1.18. The number of carbonyl (C=O) groups is 2. The summed E-state index contributed by atoms with van der Waals surface area (Å²) in [5, 5.41) is 9.75. The molecular formula is C21H18N4O3. The van der Waals surface area contributed by atoms with Crippen molar-refractivity contribution < 1.29 is 9.59 Å². The van der Waals surface area contributed by atoms with E-state index in [-0.39, 0.29) is 23.1 Å². The Morgan fingerprint density at radius 2 is 1.61 bits per heavy atom. The molecule has 1 fully saturated rings. The van der Waals surface area contributed by atoms with E-state index in [2.05, 4.69) is 15.7 Å². The summed E-state index contributed by atoms with van der Waals surface area (Å²) in [4.78, 5) is 36.6. The largest absolute Gasteiger partial charge is 0.326 e. The van der Waals surface area contributed by atoms with Gasteiger partial charge in [0.1, 0.15) is 5.69 Å². The van der Waals surface area contributed by atoms with E-state index >= 15 is 0 Å². The van der Waals surface area contributed by atoms with Gasteiger partial charge in [-0.15, -0.1) is 0 Å². The Balaban J connectivity index is 1.52. The standard InChI is InChI=1S/C21H18N4O3/c26-19-12-11-18(24-25(19)17-7-2-1-3-8-17)21(28)23-16-6-4-5-15(13-16)22-20(27)14-9-10-14/h1-8,11-14H,9-10H2,(H,22,27)(H,23,28). The first-order chi connectivity index (χ1) is 13.6. The minimum atomic E-state index is -0.449. The van der Waals surface area contributed by atoms with Gasteiger partial charge in [-0.3, -0.25) is 14.4 Å². The van der Waals surface area contributed by atoms with Crippen molar-refractivity contribution in [1.29, 1.82) is 0 Å². The molecule has 1 heterocycles. The lowest BCUT2D eigenvalue weighted by Crippen LogP contribution is -2.24. The summed E-state index contributed by atoms with van der Waals surface area (Å²) in [7, 11) is 0. The van der Waals surface area contributed by atoms with Crippen LogP contribution in [0.3, 0.4) is 0 Å². The molecule has 1 saturated carbocycles. The van der Waals surface area contributed by atoms with Crippen LogP contribution in [0, 0.1) is 5.92 Å². The molecule has 2 aromatic carbocycles. The summed E-state index contributed by atoms with van der Waals surface area (Å²) in [5.74, 6) is -0.350. The predicted octanol–water partition coefficient (Wildman–Crippen LogP) is 2.83. The van der Waals surface area contributed by atoms with Crippen molar-refractivity contribution in [1.82, 2.24) is 9.78 Å². The number of para-hydroxylation sites is 1. The number of amides is 2. The van der Waals surface area contributed by atoms with E-state index in [1.165, 1.54) is 16.8 Å². The Labute approximate surface area is 161 Å². The lowest BCUT2D eigenvalue weighted by molar-refractivity contribution is -0.117. The number of hydrogen-bond donors (Lipinski definition) is 2. The number of carbonyl (C=O) groups excluding carboxylic acids is 2. The first-order valence-electron chi connectivity index (χ1n) is 8.98. The van der Waals surface area contributed by atoms with Gasteiger partial charge < -0.3 is 10.6 Å². The molecule has 0 saturated heterocycles. The van der Waals surface area contributed by atoms with Crippen molar-refractivity contribution in [3.63, 3.8) is 0 Å². The van der Waals surface area contributed by atoms with Crippen LogP contribution < -0.4 is 16.2 Å². The second-order valence-corrected chi connectivity index (χ2v) is 6.60. The van der Waals surface area contributed by atoms with Crippen LogP contribution in [-0.4, -0.2) is 21.6 Å². The molecule has 2 N–H and O–H groups in total. The first-order valence-corrected chi connectivity index (χ1v) is 8.98. The van der Waals surface area contributed by atoms with E-state index in [1.807, 2.05) is 6.07 Å². The topological polar surface area (TPSA) is 93.1 Å². The average molecular weight is 374 g/mol. The van der Waals surface area contributed by atoms with Crippen LogP contribution in [0.4, 0.5) is 11.4 Å². The van der Waals surface area contributed by atoms with Crippen LogP contribution in [0.2, 0.25) is 0 Å². The Kier molecular flexibility index (Phi) is 4.72. The highest BCUT2D eigenvalue weighted by atomic mass is 16.2. The van der Waals surface area contributed by atoms with Gasteiger partial charge in [-0.05, 0) is 49.2 Å². The molecule has 1 aliphatic rings. The number of benzene rings is 2. The van der Waals surface area contributed by atoms with Gasteiger partial charge >= 0.3 is 0 Å². The highest BCUT2D eigenvalue weighted by Gasteiger charge is 2.29. The van der Waals surface area contributed by atoms with Crippen molar-refractivity contribution in [3.8, 4) is 5.69 Å². The molecule has 4 rings (SSSR count). The predicted molar refractivity (Wildman–Crippen MR) is 106 cm³/mol. The molecule has 0 bridgehead atoms. The quantitative estimate of drug-likeness (QED) is 0.718. The van der Waals surface area contributed by atoms with Crippen LogP contribution in [0.15, 0.2) is 71.5 Å². The molecule has 28 heavy (non-hydrogen) atoms. The van der Waals surface area contributed by atoms with Gasteiger partial charge in [0.05, 0.1) is 5.69 Å². The van der Waals surface area contributed by atoms with Crippen molar-refractivity contribution >= 4 is 23.2 Å². The lowest BCUT2D eigenvalue weighted by atomic mass is 10.2. The molecule has 140 valence electrons. The van der Waals surface area contributed by atoms with Crippen LogP contribution in [0.5, 0.6) is 0 Å². The number of anilines is 2. The molecular weight excluding hydrogens is 356 g/mol. The van der Waals surface area contributed by atoms with Crippen LogP contribution in [0.1, 0.15) is 23.3 Å². The molecule has 2 amide bonds. The molecule has 0 spiro atoms. The molecule has 0 radical (unpaired) electrons. The second-order valence-electron chi connectivity index (χ2n) is 6.60. The van der Waals surface area contributed by atoms with Gasteiger partial charge in [0.25, 0.3) is 11.5 Å². The van der Waals surface area contributed by atoms with E-state index in [0.717, 1.165) is 12.8 Å². The van der Waals surface area contributed by atoms with Crippen molar-refractivity contribution in [2.45, 2.75) is 12.8 Å². The number of aromatic nitrogens is 2. The average Bonchev–Trinajstić information content (AvgIpc) is 3.55. The van der Waals surface area contributed by atoms with Crippen LogP contribution in [0.25, 0.3) is 5.69 Å². The van der Waals surface area contributed by atoms with E-state index in [4.69, 9.17) is 0 Å². The maximum atomic E-state index is 12.6. The lowest BCUT2D eigenvalue weighted by Gasteiger charge is -2.09. The normalized spacial score (nSPS) is 13.0. The highest BCUT2D eigenvalue weighted by molar-refractivity contribution is 6.03. The molecule has 0 unspecified atom stereocenters. The highest BCUT2D eigenvalue weighted by Crippen LogP contribution is 2.30. The molecule has 7 nitrogen and oxygen atoms in total. The maximum absolute atomic E-state index is 12.6. The third kappa shape index (κ3) is 3.98. The number of nitrogens with one attached hydrogen (secondary N) is 2. The Morgan fingerprint density at radius 1 is 0.893 bits per heavy atom. The van der Waals surface area contributed by atoms with Crippen LogP contribution >= 0.6 is 0 Å². The molecule has 0 atom stereocenters. The Hall–Kier alpha value is -3.74. The molecule has 7 heteroatoms. The van der Waals surface area contributed by atoms with Crippen LogP contribution in [-0.2, 0) is 4.79 Å². The van der Waals surface area contributed by atoms with E-state index in [0.29, 0.717) is 17.1 Å². The SMILES string of the molecule is O=C(Nc1cccc(NC(=O)C2CC2)c1)c1ccc(=O)n(-c2ccccc2)n1. The summed E-state index contributed by atoms with van der Waals surface area (Å²) in [6.07, 6.45) is 1.84. The van der Waals surface area contributed by atoms with Crippen molar-refractivity contribution in [3.05, 3.63) is 82.8 Å². The summed E-state index contributed by atoms with van der Waals surface area (Å²) in [5.41, 5.74) is 1.50. The van der Waals surface area contributed by atoms with Crippen molar-refractivity contribution in [2.75, 3.05) is 10.6 Å². The minimum absolute atomic E-state index is 0.0000747. The van der Waals surface area contributed by atoms with Gasteiger partial charge in [-0.25, -0.2) is 0 Å². The fourth-order valence-electron chi connectivity index (χ4n) is 2.75. The number of rotatable bonds is 5. The maximum Gasteiger partial charge on any atom is 0.276 e. The Bertz CT molecular complexity index is 1090. The fourth-order valence-corrected chi connectivity index (χ4v) is 2.75. The molecule has 1 aliphatic carbocycles. The third-order valence-corrected chi connectivity index (χ3v) is 4.37. The van der Waals surface area contributed by atoms with Crippen molar-refractivity contribution in [2.24, 2.45) is 5.92 Å². The summed E-state index contributed by atoms with van der Waals surface area (Å²) in [6.45, 7) is 0. The number of hydrogen-bond acceptors (Lipinski definition) is 4. The zero-order valence-corrected chi connectivity index (χ0v) is 15.0. The zero-order chi connectivity index (χ0) is 19.5. The second kappa shape index (κ2) is 7.48. The molecule has 3 aromatic rings. The first kappa shape index (κ1) is 17.7. The van der Waals surface area contributed by atoms with Gasteiger partial charge in [0.15, 0.2) is 0 Å². The van der Waals surface area contributed by atoms with Gasteiger partial charge in [-0.2, -0.15) is 9.78 Å². The summed E-state index contributed by atoms with van der Waals surface area (Å²) in [6, 6.07) is 18.5. The minimum Gasteiger partial charge on any atom is -0.326 e. The smallest absolute Gasteiger partial charge is 0.276 e. The summed E-state index contributed by atoms with van der Waals surface area (Å²) >= 11 is 0.